The molecule has 6 heteroatoms. The van der Waals surface area contributed by atoms with E-state index in [-0.39, 0.29) is 6.79 Å². The Bertz CT molecular complexity index is 920. The van der Waals surface area contributed by atoms with Crippen molar-refractivity contribution in [2.45, 2.75) is 20.1 Å². The van der Waals surface area contributed by atoms with Gasteiger partial charge in [-0.15, -0.1) is 0 Å². The van der Waals surface area contributed by atoms with Crippen LogP contribution in [0, 0.1) is 6.92 Å². The SMILES string of the molecule is Cc1ccccc1CO/N=C(\Cn1ccnc1)c1ccc2c(c1)OCO2. The van der Waals surface area contributed by atoms with Crippen LogP contribution in [0.4, 0.5) is 0 Å². The van der Waals surface area contributed by atoms with Gasteiger partial charge in [0.25, 0.3) is 0 Å². The zero-order valence-electron chi connectivity index (χ0n) is 14.5. The highest BCUT2D eigenvalue weighted by molar-refractivity contribution is 6.00. The number of aryl methyl sites for hydroxylation is 1. The molecule has 0 N–H and O–H groups in total. The van der Waals surface area contributed by atoms with E-state index in [1.54, 1.807) is 12.5 Å². The third-order valence-corrected chi connectivity index (χ3v) is 4.25. The second kappa shape index (κ2) is 7.31. The summed E-state index contributed by atoms with van der Waals surface area (Å²) < 4.78 is 12.8. The van der Waals surface area contributed by atoms with E-state index in [9.17, 15) is 0 Å². The molecule has 0 fully saturated rings. The summed E-state index contributed by atoms with van der Waals surface area (Å²) in [4.78, 5) is 9.76. The molecule has 2 aromatic carbocycles. The van der Waals surface area contributed by atoms with Crippen LogP contribution in [0.25, 0.3) is 0 Å². The highest BCUT2D eigenvalue weighted by Gasteiger charge is 2.16. The Labute approximate surface area is 151 Å². The van der Waals surface area contributed by atoms with Crippen LogP contribution in [-0.2, 0) is 18.0 Å². The van der Waals surface area contributed by atoms with Crippen LogP contribution in [0.5, 0.6) is 11.5 Å². The summed E-state index contributed by atoms with van der Waals surface area (Å²) in [5.74, 6) is 1.47. The van der Waals surface area contributed by atoms with E-state index < -0.39 is 0 Å². The van der Waals surface area contributed by atoms with Gasteiger partial charge in [0.1, 0.15) is 12.3 Å². The molecule has 0 radical (unpaired) electrons. The third kappa shape index (κ3) is 3.54. The van der Waals surface area contributed by atoms with Gasteiger partial charge < -0.3 is 18.9 Å². The molecule has 0 spiro atoms. The minimum absolute atomic E-state index is 0.247. The molecule has 3 aromatic rings. The number of hydrogen-bond acceptors (Lipinski definition) is 5. The average molecular weight is 349 g/mol. The number of ether oxygens (including phenoxy) is 2. The second-order valence-corrected chi connectivity index (χ2v) is 6.04. The van der Waals surface area contributed by atoms with E-state index in [0.29, 0.717) is 13.2 Å². The summed E-state index contributed by atoms with van der Waals surface area (Å²) in [6.45, 7) is 3.28. The molecule has 1 aromatic heterocycles. The maximum atomic E-state index is 5.67. The van der Waals surface area contributed by atoms with Gasteiger partial charge in [-0.05, 0) is 36.2 Å². The van der Waals surface area contributed by atoms with Crippen molar-refractivity contribution >= 4 is 5.71 Å². The van der Waals surface area contributed by atoms with Crippen molar-refractivity contribution in [1.29, 1.82) is 0 Å². The molecule has 1 aliphatic rings. The van der Waals surface area contributed by atoms with Crippen LogP contribution in [0.3, 0.4) is 0 Å². The fourth-order valence-corrected chi connectivity index (χ4v) is 2.75. The van der Waals surface area contributed by atoms with Crippen molar-refractivity contribution in [3.63, 3.8) is 0 Å². The van der Waals surface area contributed by atoms with E-state index >= 15 is 0 Å². The first-order valence-electron chi connectivity index (χ1n) is 8.39. The highest BCUT2D eigenvalue weighted by Crippen LogP contribution is 2.32. The van der Waals surface area contributed by atoms with Crippen LogP contribution in [0.2, 0.25) is 0 Å². The van der Waals surface area contributed by atoms with E-state index in [1.165, 1.54) is 5.56 Å². The molecule has 2 heterocycles. The summed E-state index contributed by atoms with van der Waals surface area (Å²) in [5.41, 5.74) is 4.01. The zero-order chi connectivity index (χ0) is 17.8. The molecular formula is C20H19N3O3. The molecule has 1 aliphatic heterocycles. The monoisotopic (exact) mass is 349 g/mol. The standard InChI is InChI=1S/C20H19N3O3/c1-15-4-2-3-5-17(15)12-26-22-18(11-23-9-8-21-13-23)16-6-7-19-20(10-16)25-14-24-19/h2-10,13H,11-12,14H2,1H3/b22-18+. The van der Waals surface area contributed by atoms with E-state index in [1.807, 2.05) is 47.2 Å². The first-order valence-corrected chi connectivity index (χ1v) is 8.39. The number of imidazole rings is 1. The lowest BCUT2D eigenvalue weighted by Gasteiger charge is -2.10. The molecule has 0 atom stereocenters. The lowest BCUT2D eigenvalue weighted by Crippen LogP contribution is -2.11. The Hall–Kier alpha value is -3.28. The minimum atomic E-state index is 0.247. The molecule has 0 aliphatic carbocycles. The molecule has 4 rings (SSSR count). The second-order valence-electron chi connectivity index (χ2n) is 6.04. The maximum absolute atomic E-state index is 5.67. The van der Waals surface area contributed by atoms with Crippen molar-refractivity contribution < 1.29 is 14.3 Å². The molecule has 0 bridgehead atoms. The third-order valence-electron chi connectivity index (χ3n) is 4.25. The quantitative estimate of drug-likeness (QED) is 0.504. The molecule has 6 nitrogen and oxygen atoms in total. The van der Waals surface area contributed by atoms with Crippen molar-refractivity contribution in [1.82, 2.24) is 9.55 Å². The van der Waals surface area contributed by atoms with Crippen molar-refractivity contribution in [3.05, 3.63) is 77.9 Å². The van der Waals surface area contributed by atoms with Gasteiger partial charge in [-0.2, -0.15) is 0 Å². The summed E-state index contributed by atoms with van der Waals surface area (Å²) in [6, 6.07) is 13.9. The Morgan fingerprint density at radius 3 is 2.92 bits per heavy atom. The van der Waals surface area contributed by atoms with Gasteiger partial charge in [-0.3, -0.25) is 0 Å². The molecular weight excluding hydrogens is 330 g/mol. The topological polar surface area (TPSA) is 57.9 Å². The highest BCUT2D eigenvalue weighted by atomic mass is 16.7. The van der Waals surface area contributed by atoms with Crippen molar-refractivity contribution in [2.24, 2.45) is 5.16 Å². The fourth-order valence-electron chi connectivity index (χ4n) is 2.75. The van der Waals surface area contributed by atoms with Gasteiger partial charge >= 0.3 is 0 Å². The van der Waals surface area contributed by atoms with Gasteiger partial charge in [0.2, 0.25) is 6.79 Å². The molecule has 0 saturated heterocycles. The number of fused-ring (bicyclic) bond motifs is 1. The molecule has 26 heavy (non-hydrogen) atoms. The molecule has 0 unspecified atom stereocenters. The molecule has 132 valence electrons. The van der Waals surface area contributed by atoms with Crippen LogP contribution < -0.4 is 9.47 Å². The van der Waals surface area contributed by atoms with E-state index in [2.05, 4.69) is 23.1 Å². The number of nitrogens with zero attached hydrogens (tertiary/aromatic N) is 3. The molecule has 0 amide bonds. The van der Waals surface area contributed by atoms with Gasteiger partial charge in [0, 0.05) is 18.0 Å². The minimum Gasteiger partial charge on any atom is -0.454 e. The van der Waals surface area contributed by atoms with Gasteiger partial charge in [-0.1, -0.05) is 29.4 Å². The smallest absolute Gasteiger partial charge is 0.231 e. The number of rotatable bonds is 6. The van der Waals surface area contributed by atoms with E-state index in [0.717, 1.165) is 28.3 Å². The predicted molar refractivity (Wildman–Crippen MR) is 97.3 cm³/mol. The largest absolute Gasteiger partial charge is 0.454 e. The van der Waals surface area contributed by atoms with Gasteiger partial charge in [0.05, 0.1) is 12.9 Å². The Morgan fingerprint density at radius 2 is 2.08 bits per heavy atom. The normalized spacial score (nSPS) is 13.0. The predicted octanol–water partition coefficient (Wildman–Crippen LogP) is 3.54. The summed E-state index contributed by atoms with van der Waals surface area (Å²) in [5, 5.41) is 4.40. The fraction of sp³-hybridized carbons (Fsp3) is 0.200. The van der Waals surface area contributed by atoms with Crippen molar-refractivity contribution in [3.8, 4) is 11.5 Å². The number of oxime groups is 1. The molecule has 0 saturated carbocycles. The summed E-state index contributed by atoms with van der Waals surface area (Å²) in [7, 11) is 0. The first kappa shape index (κ1) is 16.2. The number of benzene rings is 2. The Morgan fingerprint density at radius 1 is 1.19 bits per heavy atom. The first-order chi connectivity index (χ1) is 12.8. The maximum Gasteiger partial charge on any atom is 0.231 e. The lowest BCUT2D eigenvalue weighted by molar-refractivity contribution is 0.129. The average Bonchev–Trinajstić information content (AvgIpc) is 3.33. The number of hydrogen-bond donors (Lipinski definition) is 0. The van der Waals surface area contributed by atoms with Crippen molar-refractivity contribution in [2.75, 3.05) is 6.79 Å². The summed E-state index contributed by atoms with van der Waals surface area (Å²) >= 11 is 0. The zero-order valence-corrected chi connectivity index (χ0v) is 14.5. The number of aromatic nitrogens is 2. The Kier molecular flexibility index (Phi) is 4.55. The lowest BCUT2D eigenvalue weighted by atomic mass is 10.1. The van der Waals surface area contributed by atoms with Crippen LogP contribution >= 0.6 is 0 Å². The van der Waals surface area contributed by atoms with Gasteiger partial charge in [0.15, 0.2) is 11.5 Å². The van der Waals surface area contributed by atoms with Crippen LogP contribution in [0.1, 0.15) is 16.7 Å². The van der Waals surface area contributed by atoms with Gasteiger partial charge in [-0.25, -0.2) is 4.98 Å². The van der Waals surface area contributed by atoms with Crippen LogP contribution in [0.15, 0.2) is 66.3 Å². The van der Waals surface area contributed by atoms with E-state index in [4.69, 9.17) is 14.3 Å². The Balaban J connectivity index is 1.57. The summed E-state index contributed by atoms with van der Waals surface area (Å²) in [6.07, 6.45) is 5.39. The van der Waals surface area contributed by atoms with Crippen LogP contribution in [-0.4, -0.2) is 22.1 Å².